The number of nitrogens with one attached hydrogen (secondary N) is 1. The second-order valence-corrected chi connectivity index (χ2v) is 6.61. The third-order valence-electron chi connectivity index (χ3n) is 3.18. The number of rotatable bonds is 5. The van der Waals surface area contributed by atoms with E-state index < -0.39 is 15.9 Å². The zero-order valence-electron chi connectivity index (χ0n) is 12.9. The molecule has 6 nitrogen and oxygen atoms in total. The van der Waals surface area contributed by atoms with E-state index in [-0.39, 0.29) is 16.3 Å². The van der Waals surface area contributed by atoms with Crippen LogP contribution in [0.2, 0.25) is 0 Å². The molecule has 0 radical (unpaired) electrons. The van der Waals surface area contributed by atoms with E-state index in [1.807, 2.05) is 6.07 Å². The first-order valence-electron chi connectivity index (χ1n) is 6.99. The first-order valence-corrected chi connectivity index (χ1v) is 8.54. The van der Waals surface area contributed by atoms with Crippen LogP contribution in [-0.2, 0) is 19.6 Å². The van der Waals surface area contributed by atoms with Gasteiger partial charge < -0.3 is 5.32 Å². The van der Waals surface area contributed by atoms with Crippen LogP contribution in [0.3, 0.4) is 0 Å². The summed E-state index contributed by atoms with van der Waals surface area (Å²) >= 11 is 0. The monoisotopic (exact) mass is 344 g/mol. The van der Waals surface area contributed by atoms with Crippen LogP contribution < -0.4 is 10.5 Å². The number of primary sulfonamides is 1. The molecule has 0 unspecified atom stereocenters. The third kappa shape index (κ3) is 4.61. The summed E-state index contributed by atoms with van der Waals surface area (Å²) in [6, 6.07) is 14.3. The van der Waals surface area contributed by atoms with Crippen LogP contribution in [0.15, 0.2) is 65.1 Å². The van der Waals surface area contributed by atoms with Crippen LogP contribution >= 0.6 is 0 Å². The van der Waals surface area contributed by atoms with Crippen LogP contribution in [0.5, 0.6) is 0 Å². The zero-order chi connectivity index (χ0) is 17.7. The van der Waals surface area contributed by atoms with Crippen molar-refractivity contribution >= 4 is 33.5 Å². The third-order valence-corrected chi connectivity index (χ3v) is 4.10. The fourth-order valence-corrected chi connectivity index (χ4v) is 2.48. The highest BCUT2D eigenvalue weighted by molar-refractivity contribution is 7.89. The minimum absolute atomic E-state index is 0.00303. The van der Waals surface area contributed by atoms with Crippen LogP contribution in [0, 0.1) is 0 Å². The summed E-state index contributed by atoms with van der Waals surface area (Å²) in [7, 11) is -3.80. The first-order chi connectivity index (χ1) is 11.3. The molecule has 0 aliphatic carbocycles. The van der Waals surface area contributed by atoms with Crippen LogP contribution in [0.25, 0.3) is 6.08 Å². The molecular weight excluding hydrogens is 328 g/mol. The summed E-state index contributed by atoms with van der Waals surface area (Å²) in [5.41, 5.74) is 1.08. The Kier molecular flexibility index (Phi) is 5.28. The Morgan fingerprint density at radius 3 is 2.08 bits per heavy atom. The van der Waals surface area contributed by atoms with E-state index in [1.165, 1.54) is 37.3 Å². The molecule has 2 aromatic rings. The number of hydrogen-bond acceptors (Lipinski definition) is 4. The molecule has 0 fully saturated rings. The number of benzene rings is 2. The Balaban J connectivity index is 2.23. The maximum atomic E-state index is 12.3. The van der Waals surface area contributed by atoms with Crippen LogP contribution in [-0.4, -0.2) is 20.1 Å². The van der Waals surface area contributed by atoms with E-state index in [1.54, 1.807) is 24.3 Å². The van der Waals surface area contributed by atoms with Crippen molar-refractivity contribution < 1.29 is 18.0 Å². The van der Waals surface area contributed by atoms with Gasteiger partial charge in [-0.25, -0.2) is 13.6 Å². The number of ketones is 1. The van der Waals surface area contributed by atoms with Gasteiger partial charge >= 0.3 is 0 Å². The van der Waals surface area contributed by atoms with Crippen molar-refractivity contribution in [2.45, 2.75) is 11.8 Å². The second kappa shape index (κ2) is 7.20. The number of sulfonamides is 1. The van der Waals surface area contributed by atoms with Gasteiger partial charge in [-0.2, -0.15) is 0 Å². The number of carbonyl (C=O) groups excluding carboxylic acids is 2. The number of hydrogen-bond donors (Lipinski definition) is 2. The van der Waals surface area contributed by atoms with Crippen molar-refractivity contribution in [1.29, 1.82) is 0 Å². The number of Topliss-reactive ketones (excluding diaryl/α,β-unsaturated/α-hetero) is 1. The van der Waals surface area contributed by atoms with E-state index in [9.17, 15) is 18.0 Å². The van der Waals surface area contributed by atoms with Crippen molar-refractivity contribution in [2.75, 3.05) is 5.32 Å². The molecule has 0 aliphatic heterocycles. The van der Waals surface area contributed by atoms with E-state index in [0.717, 1.165) is 5.56 Å². The number of nitrogens with two attached hydrogens (primary N) is 1. The largest absolute Gasteiger partial charge is 0.322 e. The van der Waals surface area contributed by atoms with Gasteiger partial charge in [-0.15, -0.1) is 0 Å². The first kappa shape index (κ1) is 17.6. The Morgan fingerprint density at radius 1 is 1.00 bits per heavy atom. The van der Waals surface area contributed by atoms with Gasteiger partial charge in [-0.3, -0.25) is 9.59 Å². The Hall–Kier alpha value is -2.77. The lowest BCUT2D eigenvalue weighted by molar-refractivity contribution is -0.118. The van der Waals surface area contributed by atoms with Gasteiger partial charge in [0.15, 0.2) is 5.78 Å². The molecule has 0 saturated carbocycles. The Morgan fingerprint density at radius 2 is 1.58 bits per heavy atom. The van der Waals surface area contributed by atoms with Crippen molar-refractivity contribution in [3.8, 4) is 0 Å². The molecule has 0 spiro atoms. The summed E-state index contributed by atoms with van der Waals surface area (Å²) in [6.45, 7) is 1.30. The van der Waals surface area contributed by atoms with Gasteiger partial charge in [0.25, 0.3) is 5.91 Å². The van der Waals surface area contributed by atoms with Gasteiger partial charge in [-0.1, -0.05) is 30.3 Å². The molecule has 3 N–H and O–H groups in total. The van der Waals surface area contributed by atoms with Crippen molar-refractivity contribution in [1.82, 2.24) is 0 Å². The molecule has 0 saturated heterocycles. The smallest absolute Gasteiger partial charge is 0.259 e. The maximum absolute atomic E-state index is 12.3. The molecule has 2 aromatic carbocycles. The van der Waals surface area contributed by atoms with Crippen molar-refractivity contribution in [3.63, 3.8) is 0 Å². The summed E-state index contributed by atoms with van der Waals surface area (Å²) in [5.74, 6) is -0.952. The summed E-state index contributed by atoms with van der Waals surface area (Å²) in [5, 5.41) is 7.57. The topological polar surface area (TPSA) is 106 Å². The molecular formula is C17H16N2O4S. The van der Waals surface area contributed by atoms with Gasteiger partial charge in [0, 0.05) is 5.69 Å². The quantitative estimate of drug-likeness (QED) is 0.491. The van der Waals surface area contributed by atoms with Crippen molar-refractivity contribution in [2.24, 2.45) is 5.14 Å². The number of amides is 1. The minimum atomic E-state index is -3.80. The molecule has 0 atom stereocenters. The molecule has 0 heterocycles. The molecule has 124 valence electrons. The molecule has 24 heavy (non-hydrogen) atoms. The summed E-state index contributed by atoms with van der Waals surface area (Å²) < 4.78 is 22.4. The van der Waals surface area contributed by atoms with Crippen molar-refractivity contribution in [3.05, 3.63) is 65.7 Å². The van der Waals surface area contributed by atoms with Gasteiger partial charge in [-0.05, 0) is 42.8 Å². The van der Waals surface area contributed by atoms with Gasteiger partial charge in [0.1, 0.15) is 0 Å². The standard InChI is InChI=1S/C17H16N2O4S/c1-12(20)16(11-13-5-3-2-4-6-13)17(21)19-14-7-9-15(10-8-14)24(18,22)23/h2-11H,1H3,(H,19,21)(H2,18,22,23)/b16-11+. The highest BCUT2D eigenvalue weighted by atomic mass is 32.2. The van der Waals surface area contributed by atoms with Gasteiger partial charge in [0.2, 0.25) is 10.0 Å². The van der Waals surface area contributed by atoms with E-state index >= 15 is 0 Å². The fraction of sp³-hybridized carbons (Fsp3) is 0.0588. The predicted octanol–water partition coefficient (Wildman–Crippen LogP) is 1.95. The van der Waals surface area contributed by atoms with Crippen LogP contribution in [0.4, 0.5) is 5.69 Å². The lowest BCUT2D eigenvalue weighted by atomic mass is 10.1. The average molecular weight is 344 g/mol. The SMILES string of the molecule is CC(=O)/C(=C\c1ccccc1)C(=O)Nc1ccc(S(N)(=O)=O)cc1. The van der Waals surface area contributed by atoms with E-state index in [2.05, 4.69) is 5.32 Å². The lowest BCUT2D eigenvalue weighted by Crippen LogP contribution is -2.19. The fourth-order valence-electron chi connectivity index (χ4n) is 1.97. The number of anilines is 1. The number of carbonyl (C=O) groups is 2. The highest BCUT2D eigenvalue weighted by Gasteiger charge is 2.15. The van der Waals surface area contributed by atoms with Crippen LogP contribution in [0.1, 0.15) is 12.5 Å². The minimum Gasteiger partial charge on any atom is -0.322 e. The summed E-state index contributed by atoms with van der Waals surface area (Å²) in [6.07, 6.45) is 1.50. The highest BCUT2D eigenvalue weighted by Crippen LogP contribution is 2.15. The normalized spacial score (nSPS) is 11.8. The molecule has 2 rings (SSSR count). The predicted molar refractivity (Wildman–Crippen MR) is 91.5 cm³/mol. The molecule has 1 amide bonds. The van der Waals surface area contributed by atoms with Gasteiger partial charge in [0.05, 0.1) is 10.5 Å². The Labute approximate surface area is 140 Å². The average Bonchev–Trinajstić information content (AvgIpc) is 2.53. The molecule has 0 aromatic heterocycles. The maximum Gasteiger partial charge on any atom is 0.259 e. The second-order valence-electron chi connectivity index (χ2n) is 5.05. The van der Waals surface area contributed by atoms with E-state index in [0.29, 0.717) is 5.69 Å². The summed E-state index contributed by atoms with van der Waals surface area (Å²) in [4.78, 5) is 24.0. The molecule has 7 heteroatoms. The molecule has 0 aliphatic rings. The lowest BCUT2D eigenvalue weighted by Gasteiger charge is -2.07. The molecule has 0 bridgehead atoms. The zero-order valence-corrected chi connectivity index (χ0v) is 13.7. The Bertz CT molecular complexity index is 886. The van der Waals surface area contributed by atoms with E-state index in [4.69, 9.17) is 5.14 Å².